The summed E-state index contributed by atoms with van der Waals surface area (Å²) >= 11 is 0. The van der Waals surface area contributed by atoms with Crippen molar-refractivity contribution in [3.8, 4) is 0 Å². The van der Waals surface area contributed by atoms with Gasteiger partial charge in [0.25, 0.3) is 0 Å². The average molecular weight is 329 g/mol. The maximum absolute atomic E-state index is 12.9. The molecule has 124 valence electrons. The van der Waals surface area contributed by atoms with E-state index < -0.39 is 16.1 Å². The van der Waals surface area contributed by atoms with E-state index >= 15 is 0 Å². The maximum Gasteiger partial charge on any atom is 0.243 e. The van der Waals surface area contributed by atoms with E-state index in [4.69, 9.17) is 14.2 Å². The normalized spacial score (nSPS) is 26.3. The van der Waals surface area contributed by atoms with Crippen LogP contribution in [0.25, 0.3) is 0 Å². The first-order chi connectivity index (χ1) is 10.4. The highest BCUT2D eigenvalue weighted by molar-refractivity contribution is 7.89. The van der Waals surface area contributed by atoms with Crippen LogP contribution in [0.4, 0.5) is 0 Å². The van der Waals surface area contributed by atoms with Gasteiger partial charge in [0, 0.05) is 21.3 Å². The SMILES string of the molecule is CO[C@H]1[C@H](N(C)S(=O)(=O)c2ccccc2C)COC[C@H]1OC. The van der Waals surface area contributed by atoms with Crippen molar-refractivity contribution in [2.75, 3.05) is 34.5 Å². The standard InChI is InChI=1S/C15H23NO5S/c1-11-7-5-6-8-14(11)22(17,18)16(2)12-9-21-10-13(19-3)15(12)20-4/h5-8,12-13,15H,9-10H2,1-4H3/t12-,13-,15+/m1/s1. The van der Waals surface area contributed by atoms with Crippen molar-refractivity contribution in [3.63, 3.8) is 0 Å². The molecule has 7 heteroatoms. The minimum atomic E-state index is -3.63. The summed E-state index contributed by atoms with van der Waals surface area (Å²) in [6.07, 6.45) is -0.666. The number of nitrogens with zero attached hydrogens (tertiary/aromatic N) is 1. The fourth-order valence-electron chi connectivity index (χ4n) is 2.74. The predicted molar refractivity (Wildman–Crippen MR) is 82.3 cm³/mol. The van der Waals surface area contributed by atoms with Crippen molar-refractivity contribution in [3.05, 3.63) is 29.8 Å². The van der Waals surface area contributed by atoms with Gasteiger partial charge in [-0.15, -0.1) is 0 Å². The van der Waals surface area contributed by atoms with Crippen molar-refractivity contribution >= 4 is 10.0 Å². The molecular formula is C15H23NO5S. The number of hydrogen-bond donors (Lipinski definition) is 0. The molecule has 0 bridgehead atoms. The van der Waals surface area contributed by atoms with Crippen molar-refractivity contribution in [1.82, 2.24) is 4.31 Å². The van der Waals surface area contributed by atoms with Crippen LogP contribution in [0.3, 0.4) is 0 Å². The Morgan fingerprint density at radius 2 is 1.86 bits per heavy atom. The molecule has 1 saturated heterocycles. The highest BCUT2D eigenvalue weighted by Crippen LogP contribution is 2.25. The van der Waals surface area contributed by atoms with E-state index in [1.54, 1.807) is 46.4 Å². The van der Waals surface area contributed by atoms with Crippen LogP contribution in [-0.4, -0.2) is 65.5 Å². The lowest BCUT2D eigenvalue weighted by atomic mass is 10.0. The van der Waals surface area contributed by atoms with Crippen molar-refractivity contribution in [2.24, 2.45) is 0 Å². The van der Waals surface area contributed by atoms with Crippen molar-refractivity contribution in [2.45, 2.75) is 30.1 Å². The molecule has 1 aromatic carbocycles. The molecule has 1 heterocycles. The molecule has 0 N–H and O–H groups in total. The van der Waals surface area contributed by atoms with Crippen LogP contribution in [0.1, 0.15) is 5.56 Å². The van der Waals surface area contributed by atoms with Crippen LogP contribution in [0.5, 0.6) is 0 Å². The summed E-state index contributed by atoms with van der Waals surface area (Å²) in [5, 5.41) is 0. The largest absolute Gasteiger partial charge is 0.377 e. The summed E-state index contributed by atoms with van der Waals surface area (Å²) in [7, 11) is 1.06. The predicted octanol–water partition coefficient (Wildman–Crippen LogP) is 1.04. The maximum atomic E-state index is 12.9. The quantitative estimate of drug-likeness (QED) is 0.808. The first-order valence-corrected chi connectivity index (χ1v) is 8.54. The zero-order chi connectivity index (χ0) is 16.3. The molecule has 1 aliphatic rings. The van der Waals surface area contributed by atoms with Crippen LogP contribution in [0, 0.1) is 6.92 Å². The minimum Gasteiger partial charge on any atom is -0.377 e. The number of aryl methyl sites for hydroxylation is 1. The molecule has 22 heavy (non-hydrogen) atoms. The van der Waals surface area contributed by atoms with Crippen LogP contribution in [0.15, 0.2) is 29.2 Å². The Labute approximate surface area is 132 Å². The first kappa shape index (κ1) is 17.4. The Morgan fingerprint density at radius 3 is 2.45 bits per heavy atom. The Balaban J connectivity index is 2.33. The molecule has 0 spiro atoms. The fourth-order valence-corrected chi connectivity index (χ4v) is 4.32. The molecular weight excluding hydrogens is 306 g/mol. The highest BCUT2D eigenvalue weighted by atomic mass is 32.2. The summed E-state index contributed by atoms with van der Waals surface area (Å²) in [5.74, 6) is 0. The van der Waals surface area contributed by atoms with E-state index in [9.17, 15) is 8.42 Å². The second-order valence-corrected chi connectivity index (χ2v) is 7.33. The number of sulfonamides is 1. The zero-order valence-corrected chi connectivity index (χ0v) is 14.2. The van der Waals surface area contributed by atoms with Gasteiger partial charge >= 0.3 is 0 Å². The Bertz CT molecular complexity index is 604. The number of hydrogen-bond acceptors (Lipinski definition) is 5. The summed E-state index contributed by atoms with van der Waals surface area (Å²) < 4.78 is 43.4. The Kier molecular flexibility index (Phi) is 5.57. The number of rotatable bonds is 5. The Morgan fingerprint density at radius 1 is 1.18 bits per heavy atom. The molecule has 0 amide bonds. The highest BCUT2D eigenvalue weighted by Gasteiger charge is 2.41. The van der Waals surface area contributed by atoms with Gasteiger partial charge in [0.05, 0.1) is 24.2 Å². The van der Waals surface area contributed by atoms with Crippen LogP contribution in [-0.2, 0) is 24.2 Å². The summed E-state index contributed by atoms with van der Waals surface area (Å²) in [6, 6.07) is 6.49. The third-order valence-corrected chi connectivity index (χ3v) is 6.15. The average Bonchev–Trinajstić information content (AvgIpc) is 2.53. The third-order valence-electron chi connectivity index (χ3n) is 4.11. The second-order valence-electron chi connectivity index (χ2n) is 5.37. The van der Waals surface area contributed by atoms with Crippen LogP contribution in [0.2, 0.25) is 0 Å². The first-order valence-electron chi connectivity index (χ1n) is 7.10. The minimum absolute atomic E-state index is 0.278. The van der Waals surface area contributed by atoms with Crippen LogP contribution < -0.4 is 0 Å². The molecule has 0 aliphatic carbocycles. The molecule has 3 atom stereocenters. The molecule has 6 nitrogen and oxygen atoms in total. The smallest absolute Gasteiger partial charge is 0.243 e. The number of methoxy groups -OCH3 is 2. The Hall–Kier alpha value is -0.990. The molecule has 1 aliphatic heterocycles. The van der Waals surface area contributed by atoms with Gasteiger partial charge in [-0.1, -0.05) is 18.2 Å². The summed E-state index contributed by atoms with van der Waals surface area (Å²) in [6.45, 7) is 2.45. The van der Waals surface area contributed by atoms with Crippen molar-refractivity contribution < 1.29 is 22.6 Å². The molecule has 0 aromatic heterocycles. The van der Waals surface area contributed by atoms with E-state index in [0.29, 0.717) is 17.1 Å². The zero-order valence-electron chi connectivity index (χ0n) is 13.4. The lowest BCUT2D eigenvalue weighted by molar-refractivity contribution is -0.142. The monoisotopic (exact) mass is 329 g/mol. The van der Waals surface area contributed by atoms with Gasteiger partial charge in [-0.05, 0) is 18.6 Å². The molecule has 0 unspecified atom stereocenters. The molecule has 0 saturated carbocycles. The lowest BCUT2D eigenvalue weighted by Gasteiger charge is -2.40. The van der Waals surface area contributed by atoms with Gasteiger partial charge in [-0.2, -0.15) is 4.31 Å². The molecule has 1 fully saturated rings. The van der Waals surface area contributed by atoms with Gasteiger partial charge in [0.15, 0.2) is 0 Å². The number of benzene rings is 1. The van der Waals surface area contributed by atoms with E-state index in [1.165, 1.54) is 4.31 Å². The van der Waals surface area contributed by atoms with E-state index in [2.05, 4.69) is 0 Å². The third kappa shape index (κ3) is 3.18. The molecule has 1 aromatic rings. The van der Waals surface area contributed by atoms with E-state index in [-0.39, 0.29) is 18.8 Å². The summed E-state index contributed by atoms with van der Waals surface area (Å²) in [4.78, 5) is 0.298. The topological polar surface area (TPSA) is 65.1 Å². The molecule has 2 rings (SSSR count). The van der Waals surface area contributed by atoms with Crippen molar-refractivity contribution in [1.29, 1.82) is 0 Å². The fraction of sp³-hybridized carbons (Fsp3) is 0.600. The van der Waals surface area contributed by atoms with E-state index in [1.807, 2.05) is 6.07 Å². The van der Waals surface area contributed by atoms with Gasteiger partial charge in [0.1, 0.15) is 12.2 Å². The summed E-state index contributed by atoms with van der Waals surface area (Å²) in [5.41, 5.74) is 0.711. The second kappa shape index (κ2) is 7.06. The van der Waals surface area contributed by atoms with Gasteiger partial charge < -0.3 is 14.2 Å². The van der Waals surface area contributed by atoms with Crippen LogP contribution >= 0.6 is 0 Å². The van der Waals surface area contributed by atoms with Gasteiger partial charge in [-0.3, -0.25) is 0 Å². The van der Waals surface area contributed by atoms with Gasteiger partial charge in [0.2, 0.25) is 10.0 Å². The van der Waals surface area contributed by atoms with E-state index in [0.717, 1.165) is 0 Å². The van der Waals surface area contributed by atoms with Gasteiger partial charge in [-0.25, -0.2) is 8.42 Å². The number of ether oxygens (including phenoxy) is 3. The lowest BCUT2D eigenvalue weighted by Crippen LogP contribution is -2.57. The number of likely N-dealkylation sites (N-methyl/N-ethyl adjacent to an activating group) is 1. The molecule has 0 radical (unpaired) electrons.